The Kier molecular flexibility index (Phi) is 8.14. The highest BCUT2D eigenvalue weighted by Gasteiger charge is 2.18. The number of halogens is 1. The van der Waals surface area contributed by atoms with Crippen LogP contribution in [0, 0.1) is 10.1 Å². The van der Waals surface area contributed by atoms with Crippen molar-refractivity contribution in [2.45, 2.75) is 6.42 Å². The first-order valence-electron chi connectivity index (χ1n) is 9.08. The van der Waals surface area contributed by atoms with E-state index in [1.807, 2.05) is 14.1 Å². The normalized spacial score (nSPS) is 10.4. The molecule has 0 aliphatic heterocycles. The second-order valence-corrected chi connectivity index (χ2v) is 7.01. The number of nitrogens with one attached hydrogen (secondary N) is 2. The largest absolute Gasteiger partial charge is 0.385 e. The Labute approximate surface area is 179 Å². The number of rotatable bonds is 9. The van der Waals surface area contributed by atoms with Crippen molar-refractivity contribution in [1.82, 2.24) is 5.32 Å². The van der Waals surface area contributed by atoms with E-state index in [2.05, 4.69) is 10.6 Å². The Bertz CT molecular complexity index is 949. The standard InChI is InChI=1S/C20H23ClN4O5/c1-24(2)17-8-6-14(12-15(17)20(27)22-9-4-10-30-3)23-19(26)13-5-7-16(21)18(11-13)25(28)29/h5-8,11-12H,4,9-10H2,1-3H3,(H,22,27)(H,23,26). The summed E-state index contributed by atoms with van der Waals surface area (Å²) in [4.78, 5) is 37.3. The molecule has 0 fully saturated rings. The zero-order chi connectivity index (χ0) is 22.3. The second kappa shape index (κ2) is 10.6. The third-order valence-electron chi connectivity index (χ3n) is 4.20. The topological polar surface area (TPSA) is 114 Å². The molecule has 2 aromatic rings. The van der Waals surface area contributed by atoms with E-state index in [-0.39, 0.29) is 22.2 Å². The molecular weight excluding hydrogens is 412 g/mol. The molecule has 0 aliphatic rings. The summed E-state index contributed by atoms with van der Waals surface area (Å²) in [7, 11) is 5.21. The minimum Gasteiger partial charge on any atom is -0.385 e. The lowest BCUT2D eigenvalue weighted by Crippen LogP contribution is -2.27. The van der Waals surface area contributed by atoms with E-state index in [1.165, 1.54) is 12.1 Å². The van der Waals surface area contributed by atoms with Gasteiger partial charge in [-0.2, -0.15) is 0 Å². The molecule has 160 valence electrons. The van der Waals surface area contributed by atoms with Crippen molar-refractivity contribution in [3.63, 3.8) is 0 Å². The number of nitro benzene ring substituents is 1. The van der Waals surface area contributed by atoms with E-state index in [4.69, 9.17) is 16.3 Å². The van der Waals surface area contributed by atoms with Crippen LogP contribution >= 0.6 is 11.6 Å². The number of hydrogen-bond donors (Lipinski definition) is 2. The summed E-state index contributed by atoms with van der Waals surface area (Å²) in [6, 6.07) is 8.71. The van der Waals surface area contributed by atoms with Crippen LogP contribution in [0.15, 0.2) is 36.4 Å². The molecule has 0 saturated heterocycles. The summed E-state index contributed by atoms with van der Waals surface area (Å²) in [5, 5.41) is 16.5. The molecule has 0 radical (unpaired) electrons. The minimum absolute atomic E-state index is 0.0562. The van der Waals surface area contributed by atoms with Gasteiger partial charge >= 0.3 is 0 Å². The molecule has 2 N–H and O–H groups in total. The first-order chi connectivity index (χ1) is 14.2. The average molecular weight is 435 g/mol. The smallest absolute Gasteiger partial charge is 0.288 e. The van der Waals surface area contributed by atoms with Crippen molar-refractivity contribution >= 4 is 40.5 Å². The maximum atomic E-state index is 12.6. The van der Waals surface area contributed by atoms with E-state index in [9.17, 15) is 19.7 Å². The first-order valence-corrected chi connectivity index (χ1v) is 9.46. The summed E-state index contributed by atoms with van der Waals surface area (Å²) in [6.45, 7) is 0.981. The van der Waals surface area contributed by atoms with Gasteiger partial charge in [0.15, 0.2) is 0 Å². The number of anilines is 2. The molecule has 0 saturated carbocycles. The molecule has 9 nitrogen and oxygen atoms in total. The van der Waals surface area contributed by atoms with Crippen LogP contribution in [0.25, 0.3) is 0 Å². The highest BCUT2D eigenvalue weighted by atomic mass is 35.5. The Hall–Kier alpha value is -3.17. The number of nitrogens with zero attached hydrogens (tertiary/aromatic N) is 2. The summed E-state index contributed by atoms with van der Waals surface area (Å²) in [6.07, 6.45) is 0.672. The van der Waals surface area contributed by atoms with Crippen LogP contribution in [-0.2, 0) is 4.74 Å². The van der Waals surface area contributed by atoms with Gasteiger partial charge in [0.1, 0.15) is 5.02 Å². The fourth-order valence-electron chi connectivity index (χ4n) is 2.70. The zero-order valence-corrected chi connectivity index (χ0v) is 17.7. The van der Waals surface area contributed by atoms with E-state index in [1.54, 1.807) is 30.2 Å². The van der Waals surface area contributed by atoms with Gasteiger partial charge in [-0.05, 0) is 36.8 Å². The summed E-state index contributed by atoms with van der Waals surface area (Å²) in [5.74, 6) is -0.841. The van der Waals surface area contributed by atoms with Gasteiger partial charge < -0.3 is 20.3 Å². The van der Waals surface area contributed by atoms with E-state index < -0.39 is 10.8 Å². The number of benzene rings is 2. The van der Waals surface area contributed by atoms with Crippen LogP contribution in [0.2, 0.25) is 5.02 Å². The van der Waals surface area contributed by atoms with Crippen molar-refractivity contribution in [2.24, 2.45) is 0 Å². The highest BCUT2D eigenvalue weighted by molar-refractivity contribution is 6.32. The van der Waals surface area contributed by atoms with Gasteiger partial charge in [0.05, 0.1) is 10.5 Å². The molecule has 0 spiro atoms. The lowest BCUT2D eigenvalue weighted by atomic mass is 10.1. The van der Waals surface area contributed by atoms with Crippen LogP contribution < -0.4 is 15.5 Å². The number of ether oxygens (including phenoxy) is 1. The SMILES string of the molecule is COCCCNC(=O)c1cc(NC(=O)c2ccc(Cl)c([N+](=O)[O-])c2)ccc1N(C)C. The molecular formula is C20H23ClN4O5. The maximum absolute atomic E-state index is 12.6. The van der Waals surface area contributed by atoms with Crippen LogP contribution in [0.3, 0.4) is 0 Å². The van der Waals surface area contributed by atoms with Gasteiger partial charge in [-0.25, -0.2) is 0 Å². The molecule has 2 amide bonds. The number of nitro groups is 1. The molecule has 0 atom stereocenters. The Morgan fingerprint density at radius 1 is 1.17 bits per heavy atom. The zero-order valence-electron chi connectivity index (χ0n) is 16.9. The monoisotopic (exact) mass is 434 g/mol. The minimum atomic E-state index is -0.656. The van der Waals surface area contributed by atoms with Crippen molar-refractivity contribution in [3.8, 4) is 0 Å². The molecule has 10 heteroatoms. The van der Waals surface area contributed by atoms with Gasteiger partial charge in [-0.15, -0.1) is 0 Å². The van der Waals surface area contributed by atoms with Gasteiger partial charge in [0.2, 0.25) is 0 Å². The fourth-order valence-corrected chi connectivity index (χ4v) is 2.88. The van der Waals surface area contributed by atoms with Crippen LogP contribution in [0.1, 0.15) is 27.1 Å². The van der Waals surface area contributed by atoms with Gasteiger partial charge in [-0.1, -0.05) is 11.6 Å². The van der Waals surface area contributed by atoms with Gasteiger partial charge in [-0.3, -0.25) is 19.7 Å². The maximum Gasteiger partial charge on any atom is 0.288 e. The first kappa shape index (κ1) is 23.1. The summed E-state index contributed by atoms with van der Waals surface area (Å²) >= 11 is 5.79. The van der Waals surface area contributed by atoms with Crippen molar-refractivity contribution in [1.29, 1.82) is 0 Å². The Morgan fingerprint density at radius 2 is 1.90 bits per heavy atom. The molecule has 0 aromatic heterocycles. The van der Waals surface area contributed by atoms with Crippen LogP contribution in [0.5, 0.6) is 0 Å². The predicted molar refractivity (Wildman–Crippen MR) is 116 cm³/mol. The van der Waals surface area contributed by atoms with Crippen molar-refractivity contribution in [2.75, 3.05) is 44.6 Å². The highest BCUT2D eigenvalue weighted by Crippen LogP contribution is 2.27. The van der Waals surface area contributed by atoms with E-state index >= 15 is 0 Å². The lowest BCUT2D eigenvalue weighted by Gasteiger charge is -2.18. The van der Waals surface area contributed by atoms with Crippen molar-refractivity contribution in [3.05, 3.63) is 62.7 Å². The summed E-state index contributed by atoms with van der Waals surface area (Å²) in [5.41, 5.74) is 1.17. The molecule has 0 aliphatic carbocycles. The second-order valence-electron chi connectivity index (χ2n) is 6.61. The van der Waals surface area contributed by atoms with Crippen LogP contribution in [0.4, 0.5) is 17.1 Å². The molecule has 0 bridgehead atoms. The number of carbonyl (C=O) groups excluding carboxylic acids is 2. The third kappa shape index (κ3) is 5.91. The predicted octanol–water partition coefficient (Wildman–Crippen LogP) is 3.33. The van der Waals surface area contributed by atoms with E-state index in [0.29, 0.717) is 36.5 Å². The summed E-state index contributed by atoms with van der Waals surface area (Å²) < 4.78 is 4.97. The van der Waals surface area contributed by atoms with Gasteiger partial charge in [0, 0.05) is 57.4 Å². The lowest BCUT2D eigenvalue weighted by molar-refractivity contribution is -0.384. The van der Waals surface area contributed by atoms with Gasteiger partial charge in [0.25, 0.3) is 17.5 Å². The molecule has 30 heavy (non-hydrogen) atoms. The molecule has 2 rings (SSSR count). The van der Waals surface area contributed by atoms with Crippen LogP contribution in [-0.4, -0.2) is 51.1 Å². The number of carbonyl (C=O) groups is 2. The third-order valence-corrected chi connectivity index (χ3v) is 4.52. The number of hydrogen-bond acceptors (Lipinski definition) is 6. The Morgan fingerprint density at radius 3 is 2.53 bits per heavy atom. The molecule has 2 aromatic carbocycles. The average Bonchev–Trinajstić information content (AvgIpc) is 2.70. The molecule has 0 heterocycles. The molecule has 0 unspecified atom stereocenters. The quantitative estimate of drug-likeness (QED) is 0.355. The number of methoxy groups -OCH3 is 1. The fraction of sp³-hybridized carbons (Fsp3) is 0.300. The van der Waals surface area contributed by atoms with E-state index in [0.717, 1.165) is 6.07 Å². The Balaban J connectivity index is 2.23. The number of amides is 2. The van der Waals surface area contributed by atoms with Crippen molar-refractivity contribution < 1.29 is 19.2 Å².